The predicted molar refractivity (Wildman–Crippen MR) is 65.9 cm³/mol. The van der Waals surface area contributed by atoms with Gasteiger partial charge >= 0.3 is 0 Å². The summed E-state index contributed by atoms with van der Waals surface area (Å²) < 4.78 is 22.8. The lowest BCUT2D eigenvalue weighted by Gasteiger charge is -2.28. The van der Waals surface area contributed by atoms with Gasteiger partial charge in [-0.15, -0.1) is 0 Å². The van der Waals surface area contributed by atoms with Gasteiger partial charge in [-0.3, -0.25) is 0 Å². The molecule has 1 unspecified atom stereocenters. The molecule has 0 rings (SSSR count). The zero-order valence-electron chi connectivity index (χ0n) is 10.5. The van der Waals surface area contributed by atoms with Crippen LogP contribution >= 0.6 is 0 Å². The van der Waals surface area contributed by atoms with Gasteiger partial charge in [0.1, 0.15) is 9.84 Å². The first-order chi connectivity index (χ1) is 6.89. The fourth-order valence-electron chi connectivity index (χ4n) is 1.36. The second kappa shape index (κ2) is 6.48. The summed E-state index contributed by atoms with van der Waals surface area (Å²) in [5.74, 6) is 0.577. The summed E-state index contributed by atoms with van der Waals surface area (Å²) in [6.45, 7) is 9.90. The molecule has 0 aromatic carbocycles. The minimum absolute atomic E-state index is 0.109. The molecule has 0 spiro atoms. The van der Waals surface area contributed by atoms with Gasteiger partial charge < -0.3 is 5.32 Å². The highest BCUT2D eigenvalue weighted by Gasteiger charge is 2.23. The van der Waals surface area contributed by atoms with Crippen molar-refractivity contribution in [2.24, 2.45) is 5.41 Å². The second-order valence-corrected chi connectivity index (χ2v) is 6.90. The van der Waals surface area contributed by atoms with E-state index >= 15 is 0 Å². The van der Waals surface area contributed by atoms with E-state index in [4.69, 9.17) is 0 Å². The zero-order chi connectivity index (χ0) is 11.9. The number of hydrogen-bond acceptors (Lipinski definition) is 3. The molecule has 0 aromatic rings. The number of sulfone groups is 1. The van der Waals surface area contributed by atoms with Gasteiger partial charge in [-0.2, -0.15) is 0 Å². The van der Waals surface area contributed by atoms with Crippen molar-refractivity contribution in [3.05, 3.63) is 0 Å². The van der Waals surface area contributed by atoms with E-state index in [1.54, 1.807) is 6.92 Å². The molecule has 0 amide bonds. The molecule has 0 bridgehead atoms. The SMILES string of the molecule is CCNCC(C)(CC)CCS(=O)(=O)CC. The van der Waals surface area contributed by atoms with Crippen LogP contribution in [0, 0.1) is 5.41 Å². The Kier molecular flexibility index (Phi) is 6.44. The fourth-order valence-corrected chi connectivity index (χ4v) is 2.46. The van der Waals surface area contributed by atoms with Crippen LogP contribution in [0.1, 0.15) is 40.5 Å². The molecule has 0 saturated heterocycles. The molecule has 0 aromatic heterocycles. The molecule has 0 saturated carbocycles. The van der Waals surface area contributed by atoms with Crippen molar-refractivity contribution in [3.8, 4) is 0 Å². The normalized spacial score (nSPS) is 16.3. The van der Waals surface area contributed by atoms with Crippen molar-refractivity contribution < 1.29 is 8.42 Å². The largest absolute Gasteiger partial charge is 0.316 e. The lowest BCUT2D eigenvalue weighted by molar-refractivity contribution is 0.285. The van der Waals surface area contributed by atoms with Gasteiger partial charge in [-0.25, -0.2) is 8.42 Å². The molecule has 1 N–H and O–H groups in total. The number of rotatable bonds is 8. The molecule has 0 radical (unpaired) electrons. The molecule has 0 aliphatic rings. The first-order valence-corrected chi connectivity index (χ1v) is 7.62. The minimum Gasteiger partial charge on any atom is -0.316 e. The Morgan fingerprint density at radius 2 is 1.80 bits per heavy atom. The van der Waals surface area contributed by atoms with Gasteiger partial charge in [0.2, 0.25) is 0 Å². The van der Waals surface area contributed by atoms with Gasteiger partial charge in [0.05, 0.1) is 5.75 Å². The van der Waals surface area contributed by atoms with Gasteiger partial charge in [-0.05, 0) is 24.8 Å². The van der Waals surface area contributed by atoms with Crippen molar-refractivity contribution >= 4 is 9.84 Å². The van der Waals surface area contributed by atoms with Crippen LogP contribution in [0.3, 0.4) is 0 Å². The summed E-state index contributed by atoms with van der Waals surface area (Å²) in [5, 5.41) is 3.30. The molecule has 0 aliphatic carbocycles. The molecule has 1 atom stereocenters. The Labute approximate surface area is 94.6 Å². The Morgan fingerprint density at radius 3 is 2.20 bits per heavy atom. The van der Waals surface area contributed by atoms with Crippen LogP contribution in [-0.2, 0) is 9.84 Å². The maximum Gasteiger partial charge on any atom is 0.150 e. The highest BCUT2D eigenvalue weighted by molar-refractivity contribution is 7.91. The van der Waals surface area contributed by atoms with E-state index in [0.29, 0.717) is 5.75 Å². The van der Waals surface area contributed by atoms with E-state index in [1.165, 1.54) is 0 Å². The number of hydrogen-bond donors (Lipinski definition) is 1. The highest BCUT2D eigenvalue weighted by atomic mass is 32.2. The van der Waals surface area contributed by atoms with Gasteiger partial charge in [0, 0.05) is 12.3 Å². The molecule has 92 valence electrons. The average molecular weight is 235 g/mol. The molecule has 4 heteroatoms. The van der Waals surface area contributed by atoms with Crippen LogP contribution in [0.15, 0.2) is 0 Å². The van der Waals surface area contributed by atoms with Crippen LogP contribution in [-0.4, -0.2) is 33.0 Å². The highest BCUT2D eigenvalue weighted by Crippen LogP contribution is 2.25. The van der Waals surface area contributed by atoms with Crippen LogP contribution in [0.4, 0.5) is 0 Å². The second-order valence-electron chi connectivity index (χ2n) is 4.43. The summed E-state index contributed by atoms with van der Waals surface area (Å²) >= 11 is 0. The first-order valence-electron chi connectivity index (χ1n) is 5.80. The van der Waals surface area contributed by atoms with E-state index in [1.807, 2.05) is 0 Å². The van der Waals surface area contributed by atoms with Crippen LogP contribution in [0.5, 0.6) is 0 Å². The average Bonchev–Trinajstić information content (AvgIpc) is 2.24. The molecule has 15 heavy (non-hydrogen) atoms. The minimum atomic E-state index is -2.82. The van der Waals surface area contributed by atoms with E-state index in [0.717, 1.165) is 25.9 Å². The van der Waals surface area contributed by atoms with Crippen molar-refractivity contribution in [2.45, 2.75) is 40.5 Å². The lowest BCUT2D eigenvalue weighted by atomic mass is 9.85. The van der Waals surface area contributed by atoms with E-state index in [-0.39, 0.29) is 11.2 Å². The Balaban J connectivity index is 4.20. The smallest absolute Gasteiger partial charge is 0.150 e. The molecule has 0 heterocycles. The van der Waals surface area contributed by atoms with Crippen molar-refractivity contribution in [1.29, 1.82) is 0 Å². The third-order valence-corrected chi connectivity index (χ3v) is 4.82. The molecular formula is C11H25NO2S. The maximum atomic E-state index is 11.4. The first kappa shape index (κ1) is 14.9. The molecule has 0 aliphatic heterocycles. The summed E-state index contributed by atoms with van der Waals surface area (Å²) in [4.78, 5) is 0. The Bertz CT molecular complexity index is 262. The molecule has 0 fully saturated rings. The summed E-state index contributed by atoms with van der Waals surface area (Å²) in [6.07, 6.45) is 1.77. The van der Waals surface area contributed by atoms with Crippen LogP contribution in [0.2, 0.25) is 0 Å². The zero-order valence-corrected chi connectivity index (χ0v) is 11.3. The van der Waals surface area contributed by atoms with Gasteiger partial charge in [-0.1, -0.05) is 27.7 Å². The Hall–Kier alpha value is -0.0900. The summed E-state index contributed by atoms with van der Waals surface area (Å²) in [7, 11) is -2.82. The van der Waals surface area contributed by atoms with Crippen LogP contribution < -0.4 is 5.32 Å². The van der Waals surface area contributed by atoms with Crippen molar-refractivity contribution in [3.63, 3.8) is 0 Å². The van der Waals surface area contributed by atoms with Gasteiger partial charge in [0.25, 0.3) is 0 Å². The summed E-state index contributed by atoms with van der Waals surface area (Å²) in [5.41, 5.74) is 0.109. The van der Waals surface area contributed by atoms with Gasteiger partial charge in [0.15, 0.2) is 0 Å². The van der Waals surface area contributed by atoms with E-state index < -0.39 is 9.84 Å². The third kappa shape index (κ3) is 6.15. The quantitative estimate of drug-likeness (QED) is 0.698. The molecular weight excluding hydrogens is 210 g/mol. The molecule has 3 nitrogen and oxygen atoms in total. The lowest BCUT2D eigenvalue weighted by Crippen LogP contribution is -2.33. The standard InChI is InChI=1S/C11H25NO2S/c1-5-11(4,10-12-6-2)8-9-15(13,14)7-3/h12H,5-10H2,1-4H3. The van der Waals surface area contributed by atoms with E-state index in [9.17, 15) is 8.42 Å². The topological polar surface area (TPSA) is 46.2 Å². The van der Waals surface area contributed by atoms with Crippen LogP contribution in [0.25, 0.3) is 0 Å². The van der Waals surface area contributed by atoms with Crippen molar-refractivity contribution in [2.75, 3.05) is 24.6 Å². The third-order valence-electron chi connectivity index (χ3n) is 3.11. The monoisotopic (exact) mass is 235 g/mol. The summed E-state index contributed by atoms with van der Waals surface area (Å²) in [6, 6.07) is 0. The predicted octanol–water partition coefficient (Wildman–Crippen LogP) is 1.84. The van der Waals surface area contributed by atoms with Crippen molar-refractivity contribution in [1.82, 2.24) is 5.32 Å². The number of nitrogens with one attached hydrogen (secondary N) is 1. The van der Waals surface area contributed by atoms with E-state index in [2.05, 4.69) is 26.1 Å². The Morgan fingerprint density at radius 1 is 1.20 bits per heavy atom. The maximum absolute atomic E-state index is 11.4. The fraction of sp³-hybridized carbons (Fsp3) is 1.00.